The van der Waals surface area contributed by atoms with E-state index in [1.807, 2.05) is 0 Å². The lowest BCUT2D eigenvalue weighted by atomic mass is 9.77. The monoisotopic (exact) mass is 615 g/mol. The van der Waals surface area contributed by atoms with E-state index in [1.165, 1.54) is 29.8 Å². The molecule has 0 radical (unpaired) electrons. The van der Waals surface area contributed by atoms with E-state index in [0.717, 1.165) is 35.7 Å². The van der Waals surface area contributed by atoms with E-state index in [2.05, 4.69) is 162 Å². The van der Waals surface area contributed by atoms with Crippen molar-refractivity contribution < 1.29 is 5.11 Å². The Morgan fingerprint density at radius 2 is 1.40 bits per heavy atom. The van der Waals surface area contributed by atoms with Crippen molar-refractivity contribution in [2.24, 2.45) is 29.1 Å². The van der Waals surface area contributed by atoms with Gasteiger partial charge in [0.25, 0.3) is 0 Å². The van der Waals surface area contributed by atoms with Crippen LogP contribution < -0.4 is 10.2 Å². The normalized spacial score (nSPS) is 19.0. The van der Waals surface area contributed by atoms with Crippen LogP contribution in [0, 0.1) is 29.1 Å². The van der Waals surface area contributed by atoms with Crippen molar-refractivity contribution in [3.63, 3.8) is 0 Å². The predicted octanol–water partition coefficient (Wildman–Crippen LogP) is 12.0. The number of rotatable bonds is 11. The molecule has 0 aromatic heterocycles. The van der Waals surface area contributed by atoms with Crippen LogP contribution in [0.5, 0.6) is 5.75 Å². The fourth-order valence-electron chi connectivity index (χ4n) is 7.17. The molecule has 2 N–H and O–H groups in total. The summed E-state index contributed by atoms with van der Waals surface area (Å²) in [6.07, 6.45) is 10.7. The van der Waals surface area contributed by atoms with E-state index in [4.69, 9.17) is 0 Å². The van der Waals surface area contributed by atoms with Gasteiger partial charge in [0.2, 0.25) is 0 Å². The second kappa shape index (κ2) is 14.4. The molecule has 0 spiro atoms. The Balaban J connectivity index is 1.83. The van der Waals surface area contributed by atoms with E-state index >= 15 is 0 Å². The molecule has 0 bridgehead atoms. The topological polar surface area (TPSA) is 35.5 Å². The van der Waals surface area contributed by atoms with Crippen molar-refractivity contribution in [2.45, 2.75) is 140 Å². The maximum absolute atomic E-state index is 11.3. The minimum absolute atomic E-state index is 0.147. The molecule has 0 amide bonds. The van der Waals surface area contributed by atoms with Crippen LogP contribution in [0.3, 0.4) is 0 Å². The number of nitrogens with zero attached hydrogens (tertiary/aromatic N) is 1. The number of phenolic OH excluding ortho intramolecular Hbond substituents is 1. The molecule has 4 atom stereocenters. The number of allylic oxidation sites excluding steroid dienone is 3. The Labute approximate surface area is 277 Å². The van der Waals surface area contributed by atoms with Gasteiger partial charge in [-0.2, -0.15) is 0 Å². The van der Waals surface area contributed by atoms with Gasteiger partial charge in [-0.3, -0.25) is 0 Å². The Hall–Kier alpha value is -2.68. The highest BCUT2D eigenvalue weighted by Gasteiger charge is 2.28. The van der Waals surface area contributed by atoms with E-state index < -0.39 is 0 Å². The van der Waals surface area contributed by atoms with Crippen molar-refractivity contribution in [2.75, 3.05) is 10.2 Å². The van der Waals surface area contributed by atoms with Crippen molar-refractivity contribution in [1.29, 1.82) is 0 Å². The molecule has 0 fully saturated rings. The number of anilines is 2. The highest BCUT2D eigenvalue weighted by atomic mass is 16.3. The molecule has 0 aliphatic heterocycles. The average Bonchev–Trinajstić information content (AvgIpc) is 2.87. The molecule has 2 aromatic rings. The van der Waals surface area contributed by atoms with Gasteiger partial charge in [0, 0.05) is 29.7 Å². The third-order valence-electron chi connectivity index (χ3n) is 9.25. The number of nitrogens with one attached hydrogen (secondary N) is 1. The quantitative estimate of drug-likeness (QED) is 0.264. The van der Waals surface area contributed by atoms with Crippen molar-refractivity contribution in [3.05, 3.63) is 77.0 Å². The largest absolute Gasteiger partial charge is 0.507 e. The zero-order chi connectivity index (χ0) is 33.9. The number of phenols is 1. The van der Waals surface area contributed by atoms with E-state index in [-0.39, 0.29) is 10.8 Å². The minimum Gasteiger partial charge on any atom is -0.507 e. The van der Waals surface area contributed by atoms with Gasteiger partial charge in [0.15, 0.2) is 0 Å². The van der Waals surface area contributed by atoms with Crippen LogP contribution in [0.4, 0.5) is 11.4 Å². The first-order valence-electron chi connectivity index (χ1n) is 17.5. The molecule has 0 saturated heterocycles. The standard InChI is InChI=1S/C42H66N2O/c1-28(2)21-31(5)44(27-32-24-37(41(9,10)11)39(45)38(25-32)42(12,13)14)36-19-17-34(18-20-36)43-35-16-15-33(30(4)23-35)22-29(3)26-40(6,7)8/h15-20,23-25,28-31,33,43,45H,21-22,26-27H2,1-14H3. The number of hydrogen-bond acceptors (Lipinski definition) is 3. The van der Waals surface area contributed by atoms with E-state index in [1.54, 1.807) is 0 Å². The zero-order valence-electron chi connectivity index (χ0n) is 31.3. The molecule has 1 aliphatic carbocycles. The summed E-state index contributed by atoms with van der Waals surface area (Å²) >= 11 is 0. The number of hydrogen-bond donors (Lipinski definition) is 2. The maximum Gasteiger partial charge on any atom is 0.123 e. The Morgan fingerprint density at radius 1 is 0.844 bits per heavy atom. The molecule has 2 aromatic carbocycles. The van der Waals surface area contributed by atoms with Crippen LogP contribution in [0.2, 0.25) is 0 Å². The molecule has 3 nitrogen and oxygen atoms in total. The molecule has 3 rings (SSSR count). The zero-order valence-corrected chi connectivity index (χ0v) is 31.3. The first kappa shape index (κ1) is 36.8. The molecule has 3 heteroatoms. The van der Waals surface area contributed by atoms with Crippen LogP contribution in [0.25, 0.3) is 0 Å². The summed E-state index contributed by atoms with van der Waals surface area (Å²) in [7, 11) is 0. The average molecular weight is 615 g/mol. The fraction of sp³-hybridized carbons (Fsp3) is 0.619. The van der Waals surface area contributed by atoms with Crippen LogP contribution in [0.1, 0.15) is 133 Å². The van der Waals surface area contributed by atoms with Crippen LogP contribution in [0.15, 0.2) is 60.3 Å². The van der Waals surface area contributed by atoms with Gasteiger partial charge in [-0.05, 0) is 125 Å². The fourth-order valence-corrected chi connectivity index (χ4v) is 7.17. The summed E-state index contributed by atoms with van der Waals surface area (Å²) in [6.45, 7) is 32.7. The highest BCUT2D eigenvalue weighted by Crippen LogP contribution is 2.41. The van der Waals surface area contributed by atoms with Crippen molar-refractivity contribution in [3.8, 4) is 5.75 Å². The van der Waals surface area contributed by atoms with Crippen LogP contribution >= 0.6 is 0 Å². The van der Waals surface area contributed by atoms with Gasteiger partial charge >= 0.3 is 0 Å². The van der Waals surface area contributed by atoms with Gasteiger partial charge in [-0.1, -0.05) is 102 Å². The summed E-state index contributed by atoms with van der Waals surface area (Å²) in [4.78, 5) is 2.54. The maximum atomic E-state index is 11.3. The molecule has 4 unspecified atom stereocenters. The minimum atomic E-state index is -0.147. The van der Waals surface area contributed by atoms with Gasteiger partial charge in [-0.15, -0.1) is 0 Å². The Bertz CT molecular complexity index is 1280. The number of aromatic hydroxyl groups is 1. The molecule has 1 aliphatic rings. The van der Waals surface area contributed by atoms with Crippen LogP contribution in [-0.4, -0.2) is 11.1 Å². The first-order chi connectivity index (χ1) is 20.6. The summed E-state index contributed by atoms with van der Waals surface area (Å²) in [5.41, 5.74) is 6.92. The smallest absolute Gasteiger partial charge is 0.123 e. The molecule has 0 saturated carbocycles. The lowest BCUT2D eigenvalue weighted by molar-refractivity contribution is 0.267. The lowest BCUT2D eigenvalue weighted by Crippen LogP contribution is -2.34. The second-order valence-corrected chi connectivity index (χ2v) is 17.9. The summed E-state index contributed by atoms with van der Waals surface area (Å²) in [5, 5.41) is 15.0. The molecule has 250 valence electrons. The molecule has 0 heterocycles. The summed E-state index contributed by atoms with van der Waals surface area (Å²) in [5.74, 6) is 2.89. The summed E-state index contributed by atoms with van der Waals surface area (Å²) in [6, 6.07) is 13.8. The third kappa shape index (κ3) is 10.7. The second-order valence-electron chi connectivity index (χ2n) is 17.9. The van der Waals surface area contributed by atoms with Gasteiger partial charge < -0.3 is 15.3 Å². The molecular formula is C42H66N2O. The van der Waals surface area contributed by atoms with Gasteiger partial charge in [0.05, 0.1) is 0 Å². The molecular weight excluding hydrogens is 548 g/mol. The van der Waals surface area contributed by atoms with Crippen molar-refractivity contribution >= 4 is 11.4 Å². The van der Waals surface area contributed by atoms with Gasteiger partial charge in [0.1, 0.15) is 5.75 Å². The van der Waals surface area contributed by atoms with E-state index in [9.17, 15) is 5.11 Å². The Morgan fingerprint density at radius 3 is 1.87 bits per heavy atom. The molecule has 45 heavy (non-hydrogen) atoms. The lowest BCUT2D eigenvalue weighted by Gasteiger charge is -2.34. The third-order valence-corrected chi connectivity index (χ3v) is 9.25. The SMILES string of the molecule is CC(C)CC(C)N(Cc1cc(C(C)(C)C)c(O)c(C(C)(C)C)c1)c1ccc(NC2=CC(C)C(CC(C)CC(C)(C)C)C=C2)cc1. The van der Waals surface area contributed by atoms with Crippen molar-refractivity contribution in [1.82, 2.24) is 0 Å². The predicted molar refractivity (Wildman–Crippen MR) is 198 cm³/mol. The van der Waals surface area contributed by atoms with Crippen LogP contribution in [-0.2, 0) is 17.4 Å². The number of benzene rings is 2. The first-order valence-corrected chi connectivity index (χ1v) is 17.5. The van der Waals surface area contributed by atoms with Gasteiger partial charge in [-0.25, -0.2) is 0 Å². The highest BCUT2D eigenvalue weighted by molar-refractivity contribution is 5.59. The summed E-state index contributed by atoms with van der Waals surface area (Å²) < 4.78 is 0. The van der Waals surface area contributed by atoms with E-state index in [0.29, 0.717) is 35.0 Å². The Kier molecular flexibility index (Phi) is 11.8.